The van der Waals surface area contributed by atoms with E-state index >= 15 is 0 Å². The van der Waals surface area contributed by atoms with Gasteiger partial charge in [-0.3, -0.25) is 0 Å². The summed E-state index contributed by atoms with van der Waals surface area (Å²) in [6.07, 6.45) is 0. The first-order valence-electron chi connectivity index (χ1n) is 1.50. The molecule has 5 heteroatoms. The van der Waals surface area contributed by atoms with E-state index in [2.05, 4.69) is 0 Å². The zero-order valence-corrected chi connectivity index (χ0v) is 6.26. The van der Waals surface area contributed by atoms with Gasteiger partial charge in [0.05, 0.1) is 0 Å². The minimum atomic E-state index is -3.81. The molecule has 0 amide bonds. The summed E-state index contributed by atoms with van der Waals surface area (Å²) in [4.78, 5) is 0. The molecule has 0 fully saturated rings. The van der Waals surface area contributed by atoms with Crippen molar-refractivity contribution < 1.29 is 17.1 Å². The van der Waals surface area contributed by atoms with Crippen LogP contribution in [-0.4, -0.2) is 0 Å². The third-order valence-corrected chi connectivity index (χ3v) is 3.31. The zero-order chi connectivity index (χ0) is 7.33. The first-order valence-corrected chi connectivity index (χ1v) is 5.83. The van der Waals surface area contributed by atoms with E-state index in [4.69, 9.17) is 21.0 Å². The molecule has 0 saturated heterocycles. The number of nitriles is 4. The average molecular weight is 301 g/mol. The number of rotatable bonds is 0. The molecule has 0 N–H and O–H groups in total. The van der Waals surface area contributed by atoms with E-state index in [0.717, 1.165) is 0 Å². The second-order valence-corrected chi connectivity index (χ2v) is 5.91. The molecule has 0 bridgehead atoms. The van der Waals surface area contributed by atoms with E-state index in [0.29, 0.717) is 0 Å². The zero-order valence-electron chi connectivity index (χ0n) is 4.09. The summed E-state index contributed by atoms with van der Waals surface area (Å²) in [6, 6.07) is 0. The molecule has 0 rings (SSSR count). The van der Waals surface area contributed by atoms with Crippen molar-refractivity contribution in [3.8, 4) is 17.1 Å². The SMILES string of the molecule is N#[C][Au]([C]#N)([C]#N)[C]#N. The van der Waals surface area contributed by atoms with Crippen molar-refractivity contribution >= 4 is 0 Å². The molecule has 0 radical (unpaired) electrons. The summed E-state index contributed by atoms with van der Waals surface area (Å²) in [7, 11) is 0. The van der Waals surface area contributed by atoms with E-state index in [-0.39, 0.29) is 0 Å². The molecule has 4 nitrogen and oxygen atoms in total. The maximum atomic E-state index is 8.14. The Morgan fingerprint density at radius 1 is 0.667 bits per heavy atom. The van der Waals surface area contributed by atoms with Crippen LogP contribution in [-0.2, 0) is 17.1 Å². The maximum absolute atomic E-state index is 8.14. The quantitative estimate of drug-likeness (QED) is 0.591. The van der Waals surface area contributed by atoms with Crippen LogP contribution < -0.4 is 0 Å². The van der Waals surface area contributed by atoms with Crippen molar-refractivity contribution in [1.82, 2.24) is 0 Å². The summed E-state index contributed by atoms with van der Waals surface area (Å²) < 4.78 is 5.82. The van der Waals surface area contributed by atoms with Crippen LogP contribution in [0.2, 0.25) is 0 Å². The van der Waals surface area contributed by atoms with Gasteiger partial charge in [0.1, 0.15) is 0 Å². The molecular weight excluding hydrogens is 301 g/mol. The van der Waals surface area contributed by atoms with Gasteiger partial charge < -0.3 is 0 Å². The number of hydrogen-bond donors (Lipinski definition) is 0. The minimum absolute atomic E-state index is 1.45. The van der Waals surface area contributed by atoms with Gasteiger partial charge in [-0.1, -0.05) is 0 Å². The summed E-state index contributed by atoms with van der Waals surface area (Å²) in [5.41, 5.74) is 0. The van der Waals surface area contributed by atoms with Crippen LogP contribution >= 0.6 is 0 Å². The molecule has 0 aliphatic rings. The van der Waals surface area contributed by atoms with Crippen molar-refractivity contribution in [3.05, 3.63) is 0 Å². The van der Waals surface area contributed by atoms with Crippen LogP contribution in [0.4, 0.5) is 0 Å². The summed E-state index contributed by atoms with van der Waals surface area (Å²) >= 11 is -3.81. The average Bonchev–Trinajstić information content (AvgIpc) is 1.95. The Labute approximate surface area is 55.7 Å². The summed E-state index contributed by atoms with van der Waals surface area (Å²) in [6.45, 7) is 0. The predicted molar refractivity (Wildman–Crippen MR) is 22.5 cm³/mol. The van der Waals surface area contributed by atoms with Crippen molar-refractivity contribution in [2.75, 3.05) is 0 Å². The topological polar surface area (TPSA) is 95.2 Å². The van der Waals surface area contributed by atoms with Gasteiger partial charge in [-0.2, -0.15) is 0 Å². The fourth-order valence-electron chi connectivity index (χ4n) is 0.0905. The second kappa shape index (κ2) is 2.88. The fraction of sp³-hybridized carbons (Fsp3) is 0. The molecular formula is C4AuN4. The van der Waals surface area contributed by atoms with Gasteiger partial charge in [0.2, 0.25) is 0 Å². The Morgan fingerprint density at radius 2 is 0.889 bits per heavy atom. The molecule has 47 valence electrons. The van der Waals surface area contributed by atoms with Crippen molar-refractivity contribution in [2.45, 2.75) is 0 Å². The fourth-order valence-corrected chi connectivity index (χ4v) is 0.740. The number of hydrogen-bond acceptors (Lipinski definition) is 4. The van der Waals surface area contributed by atoms with Crippen molar-refractivity contribution in [1.29, 1.82) is 21.0 Å². The third-order valence-electron chi connectivity index (χ3n) is 0.405. The van der Waals surface area contributed by atoms with Crippen molar-refractivity contribution in [3.63, 3.8) is 0 Å². The first kappa shape index (κ1) is 7.70. The van der Waals surface area contributed by atoms with E-state index in [1.807, 2.05) is 0 Å². The van der Waals surface area contributed by atoms with Gasteiger partial charge in [-0.05, 0) is 0 Å². The normalized spacial score (nSPS) is 9.33. The van der Waals surface area contributed by atoms with Gasteiger partial charge in [-0.25, -0.2) is 0 Å². The Morgan fingerprint density at radius 3 is 0.889 bits per heavy atom. The molecule has 0 aromatic carbocycles. The van der Waals surface area contributed by atoms with Crippen molar-refractivity contribution in [2.24, 2.45) is 0 Å². The first-order chi connectivity index (χ1) is 4.24. The summed E-state index contributed by atoms with van der Waals surface area (Å²) in [5, 5.41) is 32.5. The van der Waals surface area contributed by atoms with Gasteiger partial charge in [0.15, 0.2) is 0 Å². The standard InChI is InChI=1S/4CN.Au/c4*1-2;. The van der Waals surface area contributed by atoms with Gasteiger partial charge in [0.25, 0.3) is 0 Å². The van der Waals surface area contributed by atoms with Crippen LogP contribution in [0.3, 0.4) is 0 Å². The van der Waals surface area contributed by atoms with Crippen LogP contribution in [0.1, 0.15) is 0 Å². The van der Waals surface area contributed by atoms with E-state index in [1.54, 1.807) is 0 Å². The van der Waals surface area contributed by atoms with Crippen LogP contribution in [0, 0.1) is 38.2 Å². The van der Waals surface area contributed by atoms with Gasteiger partial charge >= 0.3 is 55.3 Å². The Bertz CT molecular complexity index is 205. The van der Waals surface area contributed by atoms with E-state index < -0.39 is 17.1 Å². The Hall–Kier alpha value is -1.30. The van der Waals surface area contributed by atoms with Crippen LogP contribution in [0.15, 0.2) is 0 Å². The Kier molecular flexibility index (Phi) is 2.46. The molecule has 0 heterocycles. The summed E-state index contributed by atoms with van der Waals surface area (Å²) in [5.74, 6) is 0. The second-order valence-electron chi connectivity index (χ2n) is 0.722. The monoisotopic (exact) mass is 301 g/mol. The molecule has 0 aliphatic heterocycles. The number of nitrogens with zero attached hydrogens (tertiary/aromatic N) is 4. The molecule has 0 unspecified atom stereocenters. The Balaban J connectivity index is 4.84. The molecule has 0 aromatic heterocycles. The molecule has 0 aromatic rings. The molecule has 0 saturated carbocycles. The van der Waals surface area contributed by atoms with Gasteiger partial charge in [-0.15, -0.1) is 0 Å². The van der Waals surface area contributed by atoms with Crippen LogP contribution in [0.5, 0.6) is 0 Å². The molecule has 9 heavy (non-hydrogen) atoms. The molecule has 0 spiro atoms. The van der Waals surface area contributed by atoms with Crippen LogP contribution in [0.25, 0.3) is 0 Å². The predicted octanol–water partition coefficient (Wildman–Crippen LogP) is 0.0646. The molecule has 0 aliphatic carbocycles. The van der Waals surface area contributed by atoms with E-state index in [9.17, 15) is 0 Å². The molecule has 0 atom stereocenters. The van der Waals surface area contributed by atoms with Gasteiger partial charge in [0, 0.05) is 0 Å². The third kappa shape index (κ3) is 1.29. The van der Waals surface area contributed by atoms with E-state index in [1.165, 1.54) is 17.1 Å².